The molecule has 15 heavy (non-hydrogen) atoms. The molecule has 0 atom stereocenters. The van der Waals surface area contributed by atoms with E-state index in [-0.39, 0.29) is 6.10 Å². The van der Waals surface area contributed by atoms with Crippen molar-refractivity contribution >= 4 is 22.9 Å². The first-order chi connectivity index (χ1) is 7.24. The number of thiazole rings is 1. The molecule has 0 bridgehead atoms. The highest BCUT2D eigenvalue weighted by Crippen LogP contribution is 2.21. The van der Waals surface area contributed by atoms with E-state index in [1.54, 1.807) is 0 Å². The summed E-state index contributed by atoms with van der Waals surface area (Å²) in [6.45, 7) is 0.838. The molecule has 1 saturated carbocycles. The van der Waals surface area contributed by atoms with Gasteiger partial charge in [0.25, 0.3) is 0 Å². The van der Waals surface area contributed by atoms with E-state index in [4.69, 9.17) is 11.6 Å². The van der Waals surface area contributed by atoms with Gasteiger partial charge in [-0.25, -0.2) is 4.98 Å². The second-order valence-electron chi connectivity index (χ2n) is 3.97. The highest BCUT2D eigenvalue weighted by Gasteiger charge is 2.18. The molecule has 1 aliphatic carbocycles. The molecule has 0 radical (unpaired) electrons. The SMILES string of the molecule is OC1CCC(NCc2cnc(Cl)s2)CC1. The van der Waals surface area contributed by atoms with Crippen LogP contribution in [0.4, 0.5) is 0 Å². The Morgan fingerprint density at radius 3 is 2.80 bits per heavy atom. The van der Waals surface area contributed by atoms with Crippen molar-refractivity contribution in [2.45, 2.75) is 44.4 Å². The first kappa shape index (κ1) is 11.3. The third-order valence-corrected chi connectivity index (χ3v) is 3.90. The molecule has 0 aliphatic heterocycles. The molecule has 5 heteroatoms. The zero-order valence-electron chi connectivity index (χ0n) is 8.45. The van der Waals surface area contributed by atoms with Crippen molar-refractivity contribution in [1.29, 1.82) is 0 Å². The minimum absolute atomic E-state index is 0.0825. The van der Waals surface area contributed by atoms with Gasteiger partial charge in [-0.2, -0.15) is 0 Å². The number of aliphatic hydroxyl groups is 1. The molecule has 0 aromatic carbocycles. The normalized spacial score (nSPS) is 26.8. The number of rotatable bonds is 3. The van der Waals surface area contributed by atoms with E-state index in [1.807, 2.05) is 6.20 Å². The Bertz CT molecular complexity index is 310. The maximum Gasteiger partial charge on any atom is 0.183 e. The van der Waals surface area contributed by atoms with Crippen molar-refractivity contribution in [3.05, 3.63) is 15.5 Å². The Kier molecular flexibility index (Phi) is 3.97. The Balaban J connectivity index is 1.74. The van der Waals surface area contributed by atoms with Crippen LogP contribution in [0.5, 0.6) is 0 Å². The van der Waals surface area contributed by atoms with Crippen LogP contribution in [0.3, 0.4) is 0 Å². The van der Waals surface area contributed by atoms with E-state index >= 15 is 0 Å². The number of aromatic nitrogens is 1. The van der Waals surface area contributed by atoms with Crippen LogP contribution in [0, 0.1) is 0 Å². The first-order valence-corrected chi connectivity index (χ1v) is 6.45. The van der Waals surface area contributed by atoms with Crippen LogP contribution in [0.1, 0.15) is 30.6 Å². The van der Waals surface area contributed by atoms with Gasteiger partial charge in [-0.15, -0.1) is 11.3 Å². The average Bonchev–Trinajstić information content (AvgIpc) is 2.64. The number of nitrogens with one attached hydrogen (secondary N) is 1. The summed E-state index contributed by atoms with van der Waals surface area (Å²) in [6, 6.07) is 0.536. The Hall–Kier alpha value is -0.160. The molecule has 0 spiro atoms. The number of hydrogen-bond acceptors (Lipinski definition) is 4. The predicted molar refractivity (Wildman–Crippen MR) is 62.2 cm³/mol. The zero-order valence-corrected chi connectivity index (χ0v) is 10.0. The summed E-state index contributed by atoms with van der Waals surface area (Å²) in [5.74, 6) is 0. The number of aliphatic hydroxyl groups excluding tert-OH is 1. The molecule has 1 fully saturated rings. The number of hydrogen-bond donors (Lipinski definition) is 2. The molecule has 0 amide bonds. The summed E-state index contributed by atoms with van der Waals surface area (Å²) >= 11 is 7.27. The average molecular weight is 247 g/mol. The van der Waals surface area contributed by atoms with Crippen LogP contribution in [-0.2, 0) is 6.54 Å². The van der Waals surface area contributed by atoms with Crippen LogP contribution >= 0.6 is 22.9 Å². The monoisotopic (exact) mass is 246 g/mol. The lowest BCUT2D eigenvalue weighted by molar-refractivity contribution is 0.116. The Labute approximate surface area is 98.5 Å². The molecule has 3 nitrogen and oxygen atoms in total. The molecular weight excluding hydrogens is 232 g/mol. The summed E-state index contributed by atoms with van der Waals surface area (Å²) in [5.41, 5.74) is 0. The third kappa shape index (κ3) is 3.41. The van der Waals surface area contributed by atoms with Gasteiger partial charge in [-0.3, -0.25) is 0 Å². The van der Waals surface area contributed by atoms with Crippen molar-refractivity contribution in [2.75, 3.05) is 0 Å². The lowest BCUT2D eigenvalue weighted by Crippen LogP contribution is -2.33. The van der Waals surface area contributed by atoms with Crippen LogP contribution in [0.2, 0.25) is 4.47 Å². The Morgan fingerprint density at radius 2 is 2.20 bits per heavy atom. The summed E-state index contributed by atoms with van der Waals surface area (Å²) in [4.78, 5) is 5.17. The zero-order chi connectivity index (χ0) is 10.7. The van der Waals surface area contributed by atoms with Crippen LogP contribution in [0.15, 0.2) is 6.20 Å². The second-order valence-corrected chi connectivity index (χ2v) is 5.66. The van der Waals surface area contributed by atoms with Gasteiger partial charge in [0.2, 0.25) is 0 Å². The summed E-state index contributed by atoms with van der Waals surface area (Å²) in [6.07, 6.45) is 5.70. The maximum atomic E-state index is 9.36. The maximum absolute atomic E-state index is 9.36. The van der Waals surface area contributed by atoms with Crippen LogP contribution in [0.25, 0.3) is 0 Å². The Morgan fingerprint density at radius 1 is 1.47 bits per heavy atom. The van der Waals surface area contributed by atoms with E-state index < -0.39 is 0 Å². The minimum Gasteiger partial charge on any atom is -0.393 e. The highest BCUT2D eigenvalue weighted by atomic mass is 35.5. The molecule has 1 aromatic heterocycles. The second kappa shape index (κ2) is 5.25. The van der Waals surface area contributed by atoms with E-state index in [0.29, 0.717) is 10.5 Å². The van der Waals surface area contributed by atoms with E-state index in [1.165, 1.54) is 16.2 Å². The smallest absolute Gasteiger partial charge is 0.183 e. The van der Waals surface area contributed by atoms with E-state index in [2.05, 4.69) is 10.3 Å². The van der Waals surface area contributed by atoms with E-state index in [0.717, 1.165) is 32.2 Å². The van der Waals surface area contributed by atoms with Gasteiger partial charge in [0.15, 0.2) is 4.47 Å². The molecule has 1 aromatic rings. The largest absolute Gasteiger partial charge is 0.393 e. The summed E-state index contributed by atoms with van der Waals surface area (Å²) in [7, 11) is 0. The third-order valence-electron chi connectivity index (χ3n) is 2.79. The van der Waals surface area contributed by atoms with Crippen LogP contribution < -0.4 is 5.32 Å². The molecule has 2 rings (SSSR count). The van der Waals surface area contributed by atoms with Gasteiger partial charge in [0.05, 0.1) is 6.10 Å². The molecule has 0 unspecified atom stereocenters. The molecule has 0 saturated heterocycles. The van der Waals surface area contributed by atoms with Crippen LogP contribution in [-0.4, -0.2) is 22.2 Å². The molecule has 84 valence electrons. The predicted octanol–water partition coefficient (Wildman–Crippen LogP) is 2.19. The first-order valence-electron chi connectivity index (χ1n) is 5.25. The van der Waals surface area contributed by atoms with Crippen molar-refractivity contribution in [3.8, 4) is 0 Å². The molecular formula is C10H15ClN2OS. The van der Waals surface area contributed by atoms with Gasteiger partial charge < -0.3 is 10.4 Å². The van der Waals surface area contributed by atoms with E-state index in [9.17, 15) is 5.11 Å². The van der Waals surface area contributed by atoms with Crippen molar-refractivity contribution in [2.24, 2.45) is 0 Å². The highest BCUT2D eigenvalue weighted by molar-refractivity contribution is 7.15. The quantitative estimate of drug-likeness (QED) is 0.860. The topological polar surface area (TPSA) is 45.1 Å². The molecule has 1 heterocycles. The molecule has 1 aliphatic rings. The van der Waals surface area contributed by atoms with Gasteiger partial charge in [-0.05, 0) is 25.7 Å². The van der Waals surface area contributed by atoms with Crippen molar-refractivity contribution in [3.63, 3.8) is 0 Å². The van der Waals surface area contributed by atoms with Gasteiger partial charge in [0.1, 0.15) is 0 Å². The number of nitrogens with zero attached hydrogens (tertiary/aromatic N) is 1. The fraction of sp³-hybridized carbons (Fsp3) is 0.700. The fourth-order valence-electron chi connectivity index (χ4n) is 1.89. The van der Waals surface area contributed by atoms with Crippen molar-refractivity contribution < 1.29 is 5.11 Å². The fourth-order valence-corrected chi connectivity index (χ4v) is 2.82. The molecule has 2 N–H and O–H groups in total. The summed E-state index contributed by atoms with van der Waals surface area (Å²) in [5, 5.41) is 12.8. The standard InChI is InChI=1S/C10H15ClN2OS/c11-10-13-6-9(15-10)5-12-7-1-3-8(14)4-2-7/h6-8,12,14H,1-5H2. The van der Waals surface area contributed by atoms with Crippen molar-refractivity contribution in [1.82, 2.24) is 10.3 Å². The lowest BCUT2D eigenvalue weighted by atomic mass is 9.93. The minimum atomic E-state index is -0.0825. The summed E-state index contributed by atoms with van der Waals surface area (Å²) < 4.78 is 0.603. The number of halogens is 1. The van der Waals surface area contributed by atoms with Gasteiger partial charge in [0, 0.05) is 23.7 Å². The lowest BCUT2D eigenvalue weighted by Gasteiger charge is -2.25. The van der Waals surface area contributed by atoms with Gasteiger partial charge in [-0.1, -0.05) is 11.6 Å². The van der Waals surface area contributed by atoms with Gasteiger partial charge >= 0.3 is 0 Å².